The van der Waals surface area contributed by atoms with Gasteiger partial charge in [-0.15, -0.1) is 0 Å². The average Bonchev–Trinajstić information content (AvgIpc) is 2.71. The smallest absolute Gasteiger partial charge is 0.151 e. The Morgan fingerprint density at radius 3 is 2.78 bits per heavy atom. The van der Waals surface area contributed by atoms with E-state index in [4.69, 9.17) is 0 Å². The number of anilines is 1. The number of aromatic nitrogens is 1. The quantitative estimate of drug-likeness (QED) is 0.873. The Bertz CT molecular complexity index is 499. The van der Waals surface area contributed by atoms with Crippen molar-refractivity contribution in [3.8, 4) is 0 Å². The minimum atomic E-state index is -2.81. The fourth-order valence-corrected chi connectivity index (χ4v) is 4.01. The average molecular weight is 269 g/mol. The van der Waals surface area contributed by atoms with Gasteiger partial charge in [-0.25, -0.2) is 13.4 Å². The van der Waals surface area contributed by atoms with Crippen LogP contribution in [0.3, 0.4) is 0 Å². The molecule has 2 rings (SSSR count). The molecule has 0 radical (unpaired) electrons. The van der Waals surface area contributed by atoms with Crippen molar-refractivity contribution in [2.45, 2.75) is 19.0 Å². The van der Waals surface area contributed by atoms with Gasteiger partial charge in [0.2, 0.25) is 0 Å². The molecule has 0 aliphatic carbocycles. The summed E-state index contributed by atoms with van der Waals surface area (Å²) in [5.41, 5.74) is 1.10. The van der Waals surface area contributed by atoms with E-state index in [-0.39, 0.29) is 11.8 Å². The molecule has 6 heteroatoms. The van der Waals surface area contributed by atoms with Gasteiger partial charge in [-0.1, -0.05) is 6.07 Å². The highest BCUT2D eigenvalue weighted by Gasteiger charge is 2.30. The zero-order valence-electron chi connectivity index (χ0n) is 10.8. The Hall–Kier alpha value is -1.14. The van der Waals surface area contributed by atoms with Crippen LogP contribution in [0.5, 0.6) is 0 Å². The standard InChI is InChI=1S/C12H19N3O2S/c1-13-12-4-3-10(7-14-12)8-15(2)11-5-6-18(16,17)9-11/h3-4,7,11H,5-6,8-9H2,1-2H3,(H,13,14). The first-order chi connectivity index (χ1) is 8.50. The van der Waals surface area contributed by atoms with Crippen molar-refractivity contribution < 1.29 is 8.42 Å². The molecule has 0 aromatic carbocycles. The van der Waals surface area contributed by atoms with E-state index in [1.807, 2.05) is 32.4 Å². The first-order valence-electron chi connectivity index (χ1n) is 6.03. The number of pyridine rings is 1. The highest BCUT2D eigenvalue weighted by molar-refractivity contribution is 7.91. The lowest BCUT2D eigenvalue weighted by Crippen LogP contribution is -2.32. The van der Waals surface area contributed by atoms with E-state index in [0.717, 1.165) is 24.3 Å². The number of nitrogens with zero attached hydrogens (tertiary/aromatic N) is 2. The summed E-state index contributed by atoms with van der Waals surface area (Å²) in [7, 11) is 0.990. The predicted octanol–water partition coefficient (Wildman–Crippen LogP) is 0.742. The molecule has 1 saturated heterocycles. The maximum Gasteiger partial charge on any atom is 0.151 e. The lowest BCUT2D eigenvalue weighted by atomic mass is 10.2. The van der Waals surface area contributed by atoms with E-state index in [1.54, 1.807) is 0 Å². The monoisotopic (exact) mass is 269 g/mol. The van der Waals surface area contributed by atoms with Gasteiger partial charge in [-0.05, 0) is 25.1 Å². The van der Waals surface area contributed by atoms with Crippen molar-refractivity contribution in [1.29, 1.82) is 0 Å². The van der Waals surface area contributed by atoms with Crippen molar-refractivity contribution in [2.24, 2.45) is 0 Å². The molecule has 100 valence electrons. The highest BCUT2D eigenvalue weighted by atomic mass is 32.2. The van der Waals surface area contributed by atoms with Crippen LogP contribution in [0.1, 0.15) is 12.0 Å². The molecule has 1 aromatic heterocycles. The summed E-state index contributed by atoms with van der Waals surface area (Å²) in [6, 6.07) is 4.08. The normalized spacial score (nSPS) is 22.3. The fourth-order valence-electron chi connectivity index (χ4n) is 2.21. The van der Waals surface area contributed by atoms with E-state index in [0.29, 0.717) is 5.75 Å². The summed E-state index contributed by atoms with van der Waals surface area (Å²) >= 11 is 0. The lowest BCUT2D eigenvalue weighted by Gasteiger charge is -2.22. The summed E-state index contributed by atoms with van der Waals surface area (Å²) in [6.07, 6.45) is 2.56. The Labute approximate surface area is 108 Å². The van der Waals surface area contributed by atoms with Gasteiger partial charge in [-0.3, -0.25) is 4.90 Å². The van der Waals surface area contributed by atoms with Crippen LogP contribution in [0, 0.1) is 0 Å². The molecule has 5 nitrogen and oxygen atoms in total. The molecule has 0 bridgehead atoms. The Morgan fingerprint density at radius 1 is 1.50 bits per heavy atom. The number of hydrogen-bond acceptors (Lipinski definition) is 5. The van der Waals surface area contributed by atoms with Gasteiger partial charge in [0.05, 0.1) is 11.5 Å². The van der Waals surface area contributed by atoms with Crippen molar-refractivity contribution >= 4 is 15.7 Å². The minimum absolute atomic E-state index is 0.138. The highest BCUT2D eigenvalue weighted by Crippen LogP contribution is 2.18. The number of nitrogens with one attached hydrogen (secondary N) is 1. The van der Waals surface area contributed by atoms with Gasteiger partial charge in [0, 0.05) is 25.8 Å². The molecule has 0 spiro atoms. The van der Waals surface area contributed by atoms with Crippen LogP contribution < -0.4 is 5.32 Å². The van der Waals surface area contributed by atoms with Crippen molar-refractivity contribution in [2.75, 3.05) is 30.9 Å². The Kier molecular flexibility index (Phi) is 3.87. The van der Waals surface area contributed by atoms with Crippen LogP contribution in [0.25, 0.3) is 0 Å². The predicted molar refractivity (Wildman–Crippen MR) is 72.3 cm³/mol. The largest absolute Gasteiger partial charge is 0.373 e. The first-order valence-corrected chi connectivity index (χ1v) is 7.85. The molecule has 1 aromatic rings. The summed E-state index contributed by atoms with van der Waals surface area (Å²) in [4.78, 5) is 6.35. The SMILES string of the molecule is CNc1ccc(CN(C)C2CCS(=O)(=O)C2)cn1. The molecule has 1 N–H and O–H groups in total. The van der Waals surface area contributed by atoms with E-state index < -0.39 is 9.84 Å². The molecule has 1 fully saturated rings. The maximum atomic E-state index is 11.4. The molecule has 1 aliphatic rings. The van der Waals surface area contributed by atoms with Crippen molar-refractivity contribution in [1.82, 2.24) is 9.88 Å². The number of hydrogen-bond donors (Lipinski definition) is 1. The number of sulfone groups is 1. The second-order valence-corrected chi connectivity index (χ2v) is 7.00. The number of rotatable bonds is 4. The zero-order valence-corrected chi connectivity index (χ0v) is 11.6. The zero-order chi connectivity index (χ0) is 13.2. The van der Waals surface area contributed by atoms with E-state index >= 15 is 0 Å². The summed E-state index contributed by atoms with van der Waals surface area (Å²) in [5, 5.41) is 2.97. The third-order valence-electron chi connectivity index (χ3n) is 3.34. The van der Waals surface area contributed by atoms with Crippen LogP contribution >= 0.6 is 0 Å². The molecule has 1 aliphatic heterocycles. The molecule has 0 saturated carbocycles. The van der Waals surface area contributed by atoms with E-state index in [1.165, 1.54) is 0 Å². The van der Waals surface area contributed by atoms with Crippen LogP contribution in [0.15, 0.2) is 18.3 Å². The van der Waals surface area contributed by atoms with Gasteiger partial charge in [0.15, 0.2) is 9.84 Å². The summed E-state index contributed by atoms with van der Waals surface area (Å²) in [5.74, 6) is 1.44. The third kappa shape index (κ3) is 3.20. The van der Waals surface area contributed by atoms with Gasteiger partial charge < -0.3 is 5.32 Å². The second-order valence-electron chi connectivity index (χ2n) is 4.77. The first kappa shape index (κ1) is 13.3. The second kappa shape index (κ2) is 5.24. The van der Waals surface area contributed by atoms with E-state index in [9.17, 15) is 8.42 Å². The van der Waals surface area contributed by atoms with Gasteiger partial charge in [-0.2, -0.15) is 0 Å². The fraction of sp³-hybridized carbons (Fsp3) is 0.583. The Morgan fingerprint density at radius 2 is 2.28 bits per heavy atom. The van der Waals surface area contributed by atoms with Crippen molar-refractivity contribution in [3.05, 3.63) is 23.9 Å². The topological polar surface area (TPSA) is 62.3 Å². The van der Waals surface area contributed by atoms with Crippen LogP contribution in [-0.2, 0) is 16.4 Å². The maximum absolute atomic E-state index is 11.4. The van der Waals surface area contributed by atoms with Crippen LogP contribution in [0.2, 0.25) is 0 Å². The molecular formula is C12H19N3O2S. The minimum Gasteiger partial charge on any atom is -0.373 e. The molecule has 0 amide bonds. The third-order valence-corrected chi connectivity index (χ3v) is 5.09. The van der Waals surface area contributed by atoms with Gasteiger partial charge in [0.25, 0.3) is 0 Å². The molecular weight excluding hydrogens is 250 g/mol. The van der Waals surface area contributed by atoms with Gasteiger partial charge in [0.1, 0.15) is 5.82 Å². The summed E-state index contributed by atoms with van der Waals surface area (Å²) in [6.45, 7) is 0.733. The molecule has 18 heavy (non-hydrogen) atoms. The molecule has 1 atom stereocenters. The van der Waals surface area contributed by atoms with Crippen molar-refractivity contribution in [3.63, 3.8) is 0 Å². The van der Waals surface area contributed by atoms with Crippen LogP contribution in [0.4, 0.5) is 5.82 Å². The molecule has 2 heterocycles. The Balaban J connectivity index is 1.96. The molecule has 1 unspecified atom stereocenters. The van der Waals surface area contributed by atoms with Crippen LogP contribution in [-0.4, -0.2) is 49.9 Å². The summed E-state index contributed by atoms with van der Waals surface area (Å²) < 4.78 is 22.9. The van der Waals surface area contributed by atoms with E-state index in [2.05, 4.69) is 15.2 Å². The van der Waals surface area contributed by atoms with Gasteiger partial charge >= 0.3 is 0 Å². The lowest BCUT2D eigenvalue weighted by molar-refractivity contribution is 0.253.